The molecule has 0 radical (unpaired) electrons. The van der Waals surface area contributed by atoms with Crippen molar-refractivity contribution in [2.24, 2.45) is 5.92 Å². The van der Waals surface area contributed by atoms with E-state index in [2.05, 4.69) is 0 Å². The van der Waals surface area contributed by atoms with Crippen molar-refractivity contribution in [2.45, 2.75) is 25.7 Å². The lowest BCUT2D eigenvalue weighted by atomic mass is 9.93. The molecule has 0 aromatic rings. The van der Waals surface area contributed by atoms with Crippen LogP contribution in [0, 0.1) is 5.92 Å². The molecule has 108 valence electrons. The van der Waals surface area contributed by atoms with Crippen LogP contribution in [0.3, 0.4) is 0 Å². The quantitative estimate of drug-likeness (QED) is 0.831. The molecule has 2 aliphatic rings. The van der Waals surface area contributed by atoms with Crippen molar-refractivity contribution < 1.29 is 19.4 Å². The second-order valence-corrected chi connectivity index (χ2v) is 5.27. The maximum atomic E-state index is 12.3. The molecule has 0 bridgehead atoms. The van der Waals surface area contributed by atoms with Gasteiger partial charge in [0, 0.05) is 32.6 Å². The SMILES string of the molecule is O=C(O)CCC1CCCN(C(=O)N2CCOCC2)C1. The fraction of sp³-hybridized carbons (Fsp3) is 0.846. The summed E-state index contributed by atoms with van der Waals surface area (Å²) in [5.41, 5.74) is 0. The van der Waals surface area contributed by atoms with Gasteiger partial charge in [-0.25, -0.2) is 4.79 Å². The summed E-state index contributed by atoms with van der Waals surface area (Å²) in [7, 11) is 0. The Kier molecular flexibility index (Phi) is 5.01. The molecule has 19 heavy (non-hydrogen) atoms. The van der Waals surface area contributed by atoms with Crippen molar-refractivity contribution in [2.75, 3.05) is 39.4 Å². The number of hydrogen-bond acceptors (Lipinski definition) is 3. The van der Waals surface area contributed by atoms with E-state index in [0.717, 1.165) is 19.4 Å². The Bertz CT molecular complexity index is 329. The lowest BCUT2D eigenvalue weighted by Gasteiger charge is -2.37. The molecule has 2 heterocycles. The van der Waals surface area contributed by atoms with E-state index >= 15 is 0 Å². The summed E-state index contributed by atoms with van der Waals surface area (Å²) < 4.78 is 5.25. The Morgan fingerprint density at radius 2 is 1.89 bits per heavy atom. The van der Waals surface area contributed by atoms with E-state index < -0.39 is 5.97 Å². The van der Waals surface area contributed by atoms with Crippen LogP contribution in [0.2, 0.25) is 0 Å². The standard InChI is InChI=1S/C13H22N2O4/c16-12(17)4-3-11-2-1-5-15(10-11)13(18)14-6-8-19-9-7-14/h11H,1-10H2,(H,16,17). The molecule has 2 rings (SSSR count). The highest BCUT2D eigenvalue weighted by Gasteiger charge is 2.28. The van der Waals surface area contributed by atoms with Crippen LogP contribution in [0.25, 0.3) is 0 Å². The first-order chi connectivity index (χ1) is 9.16. The Labute approximate surface area is 113 Å². The minimum atomic E-state index is -0.753. The van der Waals surface area contributed by atoms with Gasteiger partial charge in [-0.1, -0.05) is 0 Å². The van der Waals surface area contributed by atoms with Crippen LogP contribution in [-0.4, -0.2) is 66.3 Å². The summed E-state index contributed by atoms with van der Waals surface area (Å²) in [6, 6.07) is 0.0864. The molecule has 1 atom stereocenters. The molecule has 2 fully saturated rings. The van der Waals surface area contributed by atoms with Crippen LogP contribution < -0.4 is 0 Å². The molecule has 1 N–H and O–H groups in total. The van der Waals surface area contributed by atoms with Gasteiger partial charge in [-0.3, -0.25) is 4.79 Å². The minimum absolute atomic E-state index is 0.0864. The monoisotopic (exact) mass is 270 g/mol. The van der Waals surface area contributed by atoms with E-state index in [-0.39, 0.29) is 12.5 Å². The van der Waals surface area contributed by atoms with Crippen LogP contribution >= 0.6 is 0 Å². The zero-order chi connectivity index (χ0) is 13.7. The number of morpholine rings is 1. The molecule has 6 heteroatoms. The molecule has 0 aromatic carbocycles. The number of nitrogens with zero attached hydrogens (tertiary/aromatic N) is 2. The first kappa shape index (κ1) is 14.1. The van der Waals surface area contributed by atoms with Crippen LogP contribution in [0.4, 0.5) is 4.79 Å². The van der Waals surface area contributed by atoms with Crippen LogP contribution in [0.5, 0.6) is 0 Å². The molecule has 2 aliphatic heterocycles. The van der Waals surface area contributed by atoms with Crippen molar-refractivity contribution >= 4 is 12.0 Å². The average Bonchev–Trinajstić information content (AvgIpc) is 2.45. The summed E-state index contributed by atoms with van der Waals surface area (Å²) >= 11 is 0. The Morgan fingerprint density at radius 3 is 2.58 bits per heavy atom. The van der Waals surface area contributed by atoms with Gasteiger partial charge in [-0.05, 0) is 25.2 Å². The zero-order valence-electron chi connectivity index (χ0n) is 11.2. The van der Waals surface area contributed by atoms with Gasteiger partial charge in [0.05, 0.1) is 13.2 Å². The third kappa shape index (κ3) is 4.09. The van der Waals surface area contributed by atoms with E-state index in [1.54, 1.807) is 0 Å². The molecule has 0 aromatic heterocycles. The molecule has 2 saturated heterocycles. The van der Waals surface area contributed by atoms with Crippen molar-refractivity contribution in [3.63, 3.8) is 0 Å². The number of carboxylic acids is 1. The third-order valence-corrected chi connectivity index (χ3v) is 3.84. The van der Waals surface area contributed by atoms with Gasteiger partial charge in [0.2, 0.25) is 0 Å². The van der Waals surface area contributed by atoms with Crippen LogP contribution in [0.1, 0.15) is 25.7 Å². The molecule has 2 amide bonds. The number of likely N-dealkylation sites (tertiary alicyclic amines) is 1. The minimum Gasteiger partial charge on any atom is -0.481 e. The van der Waals surface area contributed by atoms with E-state index in [1.807, 2.05) is 9.80 Å². The molecular formula is C13H22N2O4. The van der Waals surface area contributed by atoms with E-state index in [9.17, 15) is 9.59 Å². The normalized spacial score (nSPS) is 24.3. The molecule has 1 unspecified atom stereocenters. The number of urea groups is 1. The lowest BCUT2D eigenvalue weighted by Crippen LogP contribution is -2.51. The van der Waals surface area contributed by atoms with Crippen LogP contribution in [0.15, 0.2) is 0 Å². The fourth-order valence-electron chi connectivity index (χ4n) is 2.76. The van der Waals surface area contributed by atoms with E-state index in [0.29, 0.717) is 45.2 Å². The van der Waals surface area contributed by atoms with Crippen molar-refractivity contribution in [1.82, 2.24) is 9.80 Å². The molecular weight excluding hydrogens is 248 g/mol. The van der Waals surface area contributed by atoms with Crippen molar-refractivity contribution in [3.05, 3.63) is 0 Å². The number of aliphatic carboxylic acids is 1. The fourth-order valence-corrected chi connectivity index (χ4v) is 2.76. The highest BCUT2D eigenvalue weighted by atomic mass is 16.5. The number of rotatable bonds is 3. The number of carbonyl (C=O) groups is 2. The average molecular weight is 270 g/mol. The first-order valence-corrected chi connectivity index (χ1v) is 7.00. The van der Waals surface area contributed by atoms with Gasteiger partial charge >= 0.3 is 12.0 Å². The smallest absolute Gasteiger partial charge is 0.320 e. The molecule has 0 spiro atoms. The van der Waals surface area contributed by atoms with Gasteiger partial charge in [-0.2, -0.15) is 0 Å². The van der Waals surface area contributed by atoms with E-state index in [4.69, 9.17) is 9.84 Å². The number of piperidine rings is 1. The topological polar surface area (TPSA) is 70.1 Å². The predicted molar refractivity (Wildman–Crippen MR) is 69.0 cm³/mol. The highest BCUT2D eigenvalue weighted by Crippen LogP contribution is 2.22. The van der Waals surface area contributed by atoms with Gasteiger partial charge in [0.1, 0.15) is 0 Å². The predicted octanol–water partition coefficient (Wildman–Crippen LogP) is 1.02. The van der Waals surface area contributed by atoms with Gasteiger partial charge < -0.3 is 19.6 Å². The zero-order valence-corrected chi connectivity index (χ0v) is 11.2. The number of amides is 2. The summed E-state index contributed by atoms with van der Waals surface area (Å²) in [6.45, 7) is 4.04. The number of ether oxygens (including phenoxy) is 1. The highest BCUT2D eigenvalue weighted by molar-refractivity contribution is 5.74. The van der Waals surface area contributed by atoms with Crippen molar-refractivity contribution in [1.29, 1.82) is 0 Å². The van der Waals surface area contributed by atoms with Gasteiger partial charge in [-0.15, -0.1) is 0 Å². The Morgan fingerprint density at radius 1 is 1.16 bits per heavy atom. The summed E-state index contributed by atoms with van der Waals surface area (Å²) in [5.74, 6) is -0.425. The second kappa shape index (κ2) is 6.75. The maximum absolute atomic E-state index is 12.3. The lowest BCUT2D eigenvalue weighted by molar-refractivity contribution is -0.137. The second-order valence-electron chi connectivity index (χ2n) is 5.27. The number of carboxylic acid groups (broad SMARTS) is 1. The largest absolute Gasteiger partial charge is 0.481 e. The molecule has 6 nitrogen and oxygen atoms in total. The van der Waals surface area contributed by atoms with Gasteiger partial charge in [0.25, 0.3) is 0 Å². The molecule has 0 aliphatic carbocycles. The third-order valence-electron chi connectivity index (χ3n) is 3.84. The van der Waals surface area contributed by atoms with Gasteiger partial charge in [0.15, 0.2) is 0 Å². The van der Waals surface area contributed by atoms with E-state index in [1.165, 1.54) is 0 Å². The van der Waals surface area contributed by atoms with Crippen LogP contribution in [-0.2, 0) is 9.53 Å². The Balaban J connectivity index is 1.82. The first-order valence-electron chi connectivity index (χ1n) is 7.00. The summed E-state index contributed by atoms with van der Waals surface area (Å²) in [4.78, 5) is 26.6. The Hall–Kier alpha value is -1.30. The number of carbonyl (C=O) groups excluding carboxylic acids is 1. The van der Waals surface area contributed by atoms with Crippen molar-refractivity contribution in [3.8, 4) is 0 Å². The molecule has 0 saturated carbocycles. The summed E-state index contributed by atoms with van der Waals surface area (Å²) in [6.07, 6.45) is 2.87. The maximum Gasteiger partial charge on any atom is 0.320 e. The summed E-state index contributed by atoms with van der Waals surface area (Å²) in [5, 5.41) is 8.72. The number of hydrogen-bond donors (Lipinski definition) is 1.